The second-order valence-corrected chi connectivity index (χ2v) is 4.27. The molecule has 0 unspecified atom stereocenters. The zero-order chi connectivity index (χ0) is 13.9. The van der Waals surface area contributed by atoms with Crippen molar-refractivity contribution >= 4 is 29.3 Å². The molecule has 0 aliphatic rings. The number of nitrogens with zero attached hydrogens (tertiary/aromatic N) is 2. The standard InChI is InChI=1S/C12H13ClN2O3/c1-7(15(2)3)14-11(16)8-4-5-9(12(17)18)10(13)6-8/h4-6H,1-3H3,(H,17,18). The Kier molecular flexibility index (Phi) is 4.44. The average Bonchev–Trinajstić information content (AvgIpc) is 2.27. The van der Waals surface area contributed by atoms with Crippen molar-refractivity contribution in [2.75, 3.05) is 14.1 Å². The Morgan fingerprint density at radius 3 is 2.39 bits per heavy atom. The first kappa shape index (κ1) is 14.2. The van der Waals surface area contributed by atoms with Crippen LogP contribution >= 0.6 is 11.6 Å². The minimum atomic E-state index is -1.13. The molecule has 96 valence electrons. The minimum Gasteiger partial charge on any atom is -0.478 e. The molecule has 0 saturated heterocycles. The number of hydrogen-bond donors (Lipinski definition) is 1. The number of hydrogen-bond acceptors (Lipinski definition) is 2. The van der Waals surface area contributed by atoms with Gasteiger partial charge in [-0.3, -0.25) is 4.79 Å². The van der Waals surface area contributed by atoms with Crippen LogP contribution in [0.2, 0.25) is 5.02 Å². The second-order valence-electron chi connectivity index (χ2n) is 3.86. The van der Waals surface area contributed by atoms with Crippen molar-refractivity contribution in [1.82, 2.24) is 4.90 Å². The van der Waals surface area contributed by atoms with Gasteiger partial charge in [-0.15, -0.1) is 0 Å². The molecule has 0 atom stereocenters. The van der Waals surface area contributed by atoms with E-state index in [9.17, 15) is 9.59 Å². The molecule has 1 aromatic carbocycles. The smallest absolute Gasteiger partial charge is 0.337 e. The molecule has 1 rings (SSSR count). The molecular weight excluding hydrogens is 256 g/mol. The molecule has 0 aromatic heterocycles. The maximum absolute atomic E-state index is 11.8. The first-order valence-corrected chi connectivity index (χ1v) is 5.50. The molecule has 6 heteroatoms. The number of carbonyl (C=O) groups excluding carboxylic acids is 1. The fraction of sp³-hybridized carbons (Fsp3) is 0.250. The van der Waals surface area contributed by atoms with Crippen LogP contribution in [0.25, 0.3) is 0 Å². The van der Waals surface area contributed by atoms with Crippen molar-refractivity contribution in [1.29, 1.82) is 0 Å². The van der Waals surface area contributed by atoms with Gasteiger partial charge in [-0.2, -0.15) is 4.99 Å². The van der Waals surface area contributed by atoms with E-state index in [4.69, 9.17) is 16.7 Å². The van der Waals surface area contributed by atoms with Crippen LogP contribution in [-0.4, -0.2) is 41.8 Å². The monoisotopic (exact) mass is 268 g/mol. The van der Waals surface area contributed by atoms with E-state index in [2.05, 4.69) is 4.99 Å². The summed E-state index contributed by atoms with van der Waals surface area (Å²) < 4.78 is 0. The van der Waals surface area contributed by atoms with Gasteiger partial charge < -0.3 is 10.0 Å². The van der Waals surface area contributed by atoms with Crippen LogP contribution in [0.5, 0.6) is 0 Å². The van der Waals surface area contributed by atoms with Gasteiger partial charge in [0.2, 0.25) is 0 Å². The van der Waals surface area contributed by atoms with Crippen molar-refractivity contribution in [2.45, 2.75) is 6.92 Å². The van der Waals surface area contributed by atoms with Gasteiger partial charge in [0.15, 0.2) is 0 Å². The Morgan fingerprint density at radius 2 is 1.94 bits per heavy atom. The summed E-state index contributed by atoms with van der Waals surface area (Å²) in [6.45, 7) is 1.70. The third-order valence-electron chi connectivity index (χ3n) is 2.36. The van der Waals surface area contributed by atoms with Gasteiger partial charge in [0.05, 0.1) is 10.6 Å². The highest BCUT2D eigenvalue weighted by atomic mass is 35.5. The first-order valence-electron chi connectivity index (χ1n) is 5.12. The van der Waals surface area contributed by atoms with Gasteiger partial charge in [-0.1, -0.05) is 11.6 Å². The lowest BCUT2D eigenvalue weighted by molar-refractivity contribution is 0.0696. The number of carbonyl (C=O) groups is 2. The second kappa shape index (κ2) is 5.64. The van der Waals surface area contributed by atoms with E-state index in [1.807, 2.05) is 0 Å². The van der Waals surface area contributed by atoms with E-state index in [1.54, 1.807) is 25.9 Å². The van der Waals surface area contributed by atoms with E-state index in [0.717, 1.165) is 0 Å². The van der Waals surface area contributed by atoms with Crippen LogP contribution in [0.1, 0.15) is 27.6 Å². The number of amidine groups is 1. The van der Waals surface area contributed by atoms with E-state index >= 15 is 0 Å². The van der Waals surface area contributed by atoms with Gasteiger partial charge in [0.1, 0.15) is 5.84 Å². The molecule has 5 nitrogen and oxygen atoms in total. The molecule has 0 aliphatic heterocycles. The summed E-state index contributed by atoms with van der Waals surface area (Å²) in [5, 5.41) is 8.83. The van der Waals surface area contributed by atoms with Crippen molar-refractivity contribution in [3.05, 3.63) is 34.3 Å². The Morgan fingerprint density at radius 1 is 1.33 bits per heavy atom. The summed E-state index contributed by atoms with van der Waals surface area (Å²) in [6.07, 6.45) is 0. The molecular formula is C12H13ClN2O3. The Balaban J connectivity index is 3.06. The van der Waals surface area contributed by atoms with Crippen molar-refractivity contribution in [3.63, 3.8) is 0 Å². The maximum Gasteiger partial charge on any atom is 0.337 e. The summed E-state index contributed by atoms with van der Waals surface area (Å²) in [7, 11) is 3.54. The van der Waals surface area contributed by atoms with E-state index < -0.39 is 11.9 Å². The predicted octanol–water partition coefficient (Wildman–Crippen LogP) is 2.16. The Hall–Kier alpha value is -1.88. The molecule has 0 fully saturated rings. The quantitative estimate of drug-likeness (QED) is 0.659. The molecule has 0 aliphatic carbocycles. The van der Waals surface area contributed by atoms with Crippen LogP contribution < -0.4 is 0 Å². The molecule has 0 heterocycles. The molecule has 1 N–H and O–H groups in total. The summed E-state index contributed by atoms with van der Waals surface area (Å²) >= 11 is 5.78. The molecule has 1 aromatic rings. The summed E-state index contributed by atoms with van der Waals surface area (Å²) in [4.78, 5) is 28.1. The number of carboxylic acids is 1. The van der Waals surface area contributed by atoms with Crippen LogP contribution in [0, 0.1) is 0 Å². The number of benzene rings is 1. The zero-order valence-electron chi connectivity index (χ0n) is 10.3. The molecule has 0 bridgehead atoms. The van der Waals surface area contributed by atoms with Crippen LogP contribution in [0.15, 0.2) is 23.2 Å². The zero-order valence-corrected chi connectivity index (χ0v) is 11.0. The van der Waals surface area contributed by atoms with E-state index in [0.29, 0.717) is 5.84 Å². The lowest BCUT2D eigenvalue weighted by Crippen LogP contribution is -2.19. The molecule has 1 amide bonds. The summed E-state index contributed by atoms with van der Waals surface area (Å²) in [5.74, 6) is -1.04. The highest BCUT2D eigenvalue weighted by molar-refractivity contribution is 6.33. The maximum atomic E-state index is 11.8. The third-order valence-corrected chi connectivity index (χ3v) is 2.67. The fourth-order valence-corrected chi connectivity index (χ4v) is 1.39. The highest BCUT2D eigenvalue weighted by Crippen LogP contribution is 2.18. The van der Waals surface area contributed by atoms with Crippen molar-refractivity contribution in [3.8, 4) is 0 Å². The SMILES string of the molecule is CC(=NC(=O)c1ccc(C(=O)O)c(Cl)c1)N(C)C. The van der Waals surface area contributed by atoms with Gasteiger partial charge in [0.25, 0.3) is 5.91 Å². The summed E-state index contributed by atoms with van der Waals surface area (Å²) in [6, 6.07) is 3.99. The number of halogens is 1. The van der Waals surface area contributed by atoms with Gasteiger partial charge in [-0.25, -0.2) is 4.79 Å². The topological polar surface area (TPSA) is 70.0 Å². The Labute approximate surface area is 110 Å². The largest absolute Gasteiger partial charge is 0.478 e. The van der Waals surface area contributed by atoms with Gasteiger partial charge in [-0.05, 0) is 25.1 Å². The molecule has 0 spiro atoms. The minimum absolute atomic E-state index is 0.0195. The summed E-state index contributed by atoms with van der Waals surface area (Å²) in [5.41, 5.74) is 0.215. The van der Waals surface area contributed by atoms with Crippen LogP contribution in [0.4, 0.5) is 0 Å². The first-order chi connectivity index (χ1) is 8.32. The van der Waals surface area contributed by atoms with Crippen molar-refractivity contribution in [2.24, 2.45) is 4.99 Å². The number of carboxylic acid groups (broad SMARTS) is 1. The molecule has 0 saturated carbocycles. The van der Waals surface area contributed by atoms with Crippen LogP contribution in [-0.2, 0) is 0 Å². The number of amides is 1. The molecule has 0 radical (unpaired) electrons. The number of aromatic carboxylic acids is 1. The lowest BCUT2D eigenvalue weighted by Gasteiger charge is -2.10. The molecule has 18 heavy (non-hydrogen) atoms. The van der Waals surface area contributed by atoms with Crippen LogP contribution in [0.3, 0.4) is 0 Å². The normalized spacial score (nSPS) is 11.2. The van der Waals surface area contributed by atoms with E-state index in [-0.39, 0.29) is 16.1 Å². The third kappa shape index (κ3) is 3.30. The van der Waals surface area contributed by atoms with Gasteiger partial charge >= 0.3 is 5.97 Å². The van der Waals surface area contributed by atoms with Crippen molar-refractivity contribution < 1.29 is 14.7 Å². The predicted molar refractivity (Wildman–Crippen MR) is 69.5 cm³/mol. The Bertz CT molecular complexity index is 524. The average molecular weight is 269 g/mol. The fourth-order valence-electron chi connectivity index (χ4n) is 1.13. The number of rotatable bonds is 2. The van der Waals surface area contributed by atoms with E-state index in [1.165, 1.54) is 18.2 Å². The number of aliphatic imine (C=N–C) groups is 1. The van der Waals surface area contributed by atoms with Gasteiger partial charge in [0, 0.05) is 19.7 Å². The lowest BCUT2D eigenvalue weighted by atomic mass is 10.1. The highest BCUT2D eigenvalue weighted by Gasteiger charge is 2.12.